The van der Waals surface area contributed by atoms with Crippen molar-refractivity contribution in [2.75, 3.05) is 0 Å². The Labute approximate surface area is 135 Å². The van der Waals surface area contributed by atoms with Crippen molar-refractivity contribution in [1.29, 1.82) is 0 Å². The highest BCUT2D eigenvalue weighted by atomic mass is 35.5. The molecule has 0 saturated heterocycles. The van der Waals surface area contributed by atoms with Crippen LogP contribution in [0.3, 0.4) is 0 Å². The van der Waals surface area contributed by atoms with Crippen molar-refractivity contribution in [1.82, 2.24) is 0 Å². The molecular formula is C16H9ClN2O4. The molecule has 1 heterocycles. The average molecular weight is 329 g/mol. The maximum atomic E-state index is 11.9. The second-order valence-electron chi connectivity index (χ2n) is 4.67. The third kappa shape index (κ3) is 3.12. The first kappa shape index (κ1) is 14.9. The Hall–Kier alpha value is -2.99. The lowest BCUT2D eigenvalue weighted by atomic mass is 10.1. The zero-order valence-electron chi connectivity index (χ0n) is 11.6. The summed E-state index contributed by atoms with van der Waals surface area (Å²) in [6.45, 7) is 0. The summed E-state index contributed by atoms with van der Waals surface area (Å²) in [4.78, 5) is 26.3. The van der Waals surface area contributed by atoms with E-state index in [-0.39, 0.29) is 22.3 Å². The SMILES string of the molecule is O=C1OC(c2ccccc2)=NC1=Cc1cc([N+](=O)[O-])ccc1Cl. The Kier molecular flexibility index (Phi) is 3.91. The molecule has 1 aliphatic heterocycles. The summed E-state index contributed by atoms with van der Waals surface area (Å²) in [7, 11) is 0. The van der Waals surface area contributed by atoms with Crippen LogP contribution < -0.4 is 0 Å². The zero-order valence-corrected chi connectivity index (χ0v) is 12.4. The van der Waals surface area contributed by atoms with Crippen molar-refractivity contribution in [3.05, 3.63) is 80.5 Å². The first-order chi connectivity index (χ1) is 11.0. The number of carbonyl (C=O) groups is 1. The molecule has 23 heavy (non-hydrogen) atoms. The van der Waals surface area contributed by atoms with Gasteiger partial charge in [0.05, 0.1) is 4.92 Å². The van der Waals surface area contributed by atoms with Gasteiger partial charge in [-0.2, -0.15) is 0 Å². The molecule has 0 N–H and O–H groups in total. The molecule has 2 aromatic carbocycles. The molecule has 1 aliphatic rings. The molecule has 3 rings (SSSR count). The van der Waals surface area contributed by atoms with E-state index in [0.717, 1.165) is 0 Å². The van der Waals surface area contributed by atoms with Gasteiger partial charge >= 0.3 is 5.97 Å². The van der Waals surface area contributed by atoms with Crippen LogP contribution >= 0.6 is 11.6 Å². The number of non-ortho nitro benzene ring substituents is 1. The van der Waals surface area contributed by atoms with E-state index in [1.807, 2.05) is 6.07 Å². The van der Waals surface area contributed by atoms with Crippen LogP contribution in [0, 0.1) is 10.1 Å². The summed E-state index contributed by atoms with van der Waals surface area (Å²) in [5.41, 5.74) is 0.895. The predicted octanol–water partition coefficient (Wildman–Crippen LogP) is 3.59. The minimum Gasteiger partial charge on any atom is -0.402 e. The molecule has 2 aromatic rings. The highest BCUT2D eigenvalue weighted by molar-refractivity contribution is 6.32. The van der Waals surface area contributed by atoms with Gasteiger partial charge in [-0.25, -0.2) is 9.79 Å². The van der Waals surface area contributed by atoms with Gasteiger partial charge in [-0.1, -0.05) is 29.8 Å². The number of hydrogen-bond donors (Lipinski definition) is 0. The number of ether oxygens (including phenoxy) is 1. The van der Waals surface area contributed by atoms with Crippen LogP contribution in [0.5, 0.6) is 0 Å². The van der Waals surface area contributed by atoms with E-state index in [1.165, 1.54) is 24.3 Å². The smallest absolute Gasteiger partial charge is 0.363 e. The molecule has 6 nitrogen and oxygen atoms in total. The summed E-state index contributed by atoms with van der Waals surface area (Å²) in [5.74, 6) is -0.449. The minimum absolute atomic E-state index is 0.0336. The van der Waals surface area contributed by atoms with Crippen LogP contribution in [0.15, 0.2) is 59.2 Å². The standard InChI is InChI=1S/C16H9ClN2O4/c17-13-7-6-12(19(21)22)8-11(13)9-14-16(20)23-15(18-14)10-4-2-1-3-5-10/h1-9H. The number of nitro groups is 1. The fourth-order valence-corrected chi connectivity index (χ4v) is 2.19. The first-order valence-corrected chi connectivity index (χ1v) is 6.94. The van der Waals surface area contributed by atoms with Gasteiger partial charge in [0.1, 0.15) is 0 Å². The van der Waals surface area contributed by atoms with Gasteiger partial charge in [0.15, 0.2) is 5.70 Å². The van der Waals surface area contributed by atoms with E-state index in [0.29, 0.717) is 11.1 Å². The van der Waals surface area contributed by atoms with Crippen molar-refractivity contribution >= 4 is 35.2 Å². The highest BCUT2D eigenvalue weighted by Gasteiger charge is 2.24. The predicted molar refractivity (Wildman–Crippen MR) is 85.2 cm³/mol. The number of carbonyl (C=O) groups excluding carboxylic acids is 1. The number of esters is 1. The van der Waals surface area contributed by atoms with E-state index >= 15 is 0 Å². The summed E-state index contributed by atoms with van der Waals surface area (Å²) >= 11 is 6.01. The number of rotatable bonds is 3. The third-order valence-electron chi connectivity index (χ3n) is 3.12. The lowest BCUT2D eigenvalue weighted by Gasteiger charge is -1.98. The molecule has 0 aromatic heterocycles. The largest absolute Gasteiger partial charge is 0.402 e. The molecule has 0 aliphatic carbocycles. The number of cyclic esters (lactones) is 1. The highest BCUT2D eigenvalue weighted by Crippen LogP contribution is 2.26. The van der Waals surface area contributed by atoms with Crippen LogP contribution in [0.1, 0.15) is 11.1 Å². The Bertz CT molecular complexity index is 860. The number of halogens is 1. The van der Waals surface area contributed by atoms with E-state index in [1.54, 1.807) is 24.3 Å². The van der Waals surface area contributed by atoms with Gasteiger partial charge in [-0.15, -0.1) is 0 Å². The first-order valence-electron chi connectivity index (χ1n) is 6.56. The van der Waals surface area contributed by atoms with Gasteiger partial charge in [0.2, 0.25) is 5.90 Å². The van der Waals surface area contributed by atoms with Gasteiger partial charge in [-0.05, 0) is 24.3 Å². The third-order valence-corrected chi connectivity index (χ3v) is 3.47. The van der Waals surface area contributed by atoms with Crippen LogP contribution in [-0.2, 0) is 9.53 Å². The second kappa shape index (κ2) is 6.02. The van der Waals surface area contributed by atoms with Gasteiger partial charge in [0, 0.05) is 28.3 Å². The van der Waals surface area contributed by atoms with E-state index in [4.69, 9.17) is 16.3 Å². The number of benzene rings is 2. The topological polar surface area (TPSA) is 81.8 Å². The molecule has 7 heteroatoms. The Morgan fingerprint density at radius 2 is 1.91 bits per heavy atom. The molecule has 0 atom stereocenters. The fraction of sp³-hybridized carbons (Fsp3) is 0. The number of nitrogens with zero attached hydrogens (tertiary/aromatic N) is 2. The number of aliphatic imine (C=N–C) groups is 1. The molecule has 0 fully saturated rings. The van der Waals surface area contributed by atoms with Crippen molar-refractivity contribution in [2.45, 2.75) is 0 Å². The molecule has 0 bridgehead atoms. The summed E-state index contributed by atoms with van der Waals surface area (Å²) in [6.07, 6.45) is 1.37. The zero-order chi connectivity index (χ0) is 16.4. The van der Waals surface area contributed by atoms with Crippen LogP contribution in [0.25, 0.3) is 6.08 Å². The van der Waals surface area contributed by atoms with Crippen molar-refractivity contribution in [3.8, 4) is 0 Å². The second-order valence-corrected chi connectivity index (χ2v) is 5.07. The Morgan fingerprint density at radius 3 is 2.61 bits per heavy atom. The van der Waals surface area contributed by atoms with Gasteiger partial charge in [0.25, 0.3) is 5.69 Å². The normalized spacial score (nSPS) is 15.4. The van der Waals surface area contributed by atoms with Gasteiger partial charge < -0.3 is 4.74 Å². The van der Waals surface area contributed by atoms with Gasteiger partial charge in [-0.3, -0.25) is 10.1 Å². The van der Waals surface area contributed by atoms with Crippen LogP contribution in [0.2, 0.25) is 5.02 Å². The molecule has 0 radical (unpaired) electrons. The summed E-state index contributed by atoms with van der Waals surface area (Å²) < 4.78 is 5.12. The molecule has 0 amide bonds. The monoisotopic (exact) mass is 328 g/mol. The lowest BCUT2D eigenvalue weighted by molar-refractivity contribution is -0.384. The summed E-state index contributed by atoms with van der Waals surface area (Å²) in [5, 5.41) is 11.1. The molecular weight excluding hydrogens is 320 g/mol. The minimum atomic E-state index is -0.633. The van der Waals surface area contributed by atoms with Crippen LogP contribution in [-0.4, -0.2) is 16.8 Å². The number of hydrogen-bond acceptors (Lipinski definition) is 5. The van der Waals surface area contributed by atoms with Crippen molar-refractivity contribution < 1.29 is 14.5 Å². The van der Waals surface area contributed by atoms with Crippen LogP contribution in [0.4, 0.5) is 5.69 Å². The van der Waals surface area contributed by atoms with E-state index in [9.17, 15) is 14.9 Å². The maximum Gasteiger partial charge on any atom is 0.363 e. The molecule has 114 valence electrons. The average Bonchev–Trinajstić information content (AvgIpc) is 2.91. The lowest BCUT2D eigenvalue weighted by Crippen LogP contribution is -2.04. The van der Waals surface area contributed by atoms with Crippen molar-refractivity contribution in [2.24, 2.45) is 4.99 Å². The molecule has 0 spiro atoms. The fourth-order valence-electron chi connectivity index (χ4n) is 2.02. The van der Waals surface area contributed by atoms with Crippen molar-refractivity contribution in [3.63, 3.8) is 0 Å². The Morgan fingerprint density at radius 1 is 1.17 bits per heavy atom. The number of nitro benzene ring substituents is 1. The Balaban J connectivity index is 2.00. The molecule has 0 saturated carbocycles. The quantitative estimate of drug-likeness (QED) is 0.373. The summed E-state index contributed by atoms with van der Waals surface area (Å²) in [6, 6.07) is 12.9. The van der Waals surface area contributed by atoms with E-state index in [2.05, 4.69) is 4.99 Å². The van der Waals surface area contributed by atoms with E-state index < -0.39 is 10.9 Å². The maximum absolute atomic E-state index is 11.9. The molecule has 0 unspecified atom stereocenters.